The first-order chi connectivity index (χ1) is 13.0. The zero-order chi connectivity index (χ0) is 19.4. The van der Waals surface area contributed by atoms with Crippen LogP contribution in [-0.2, 0) is 4.74 Å². The summed E-state index contributed by atoms with van der Waals surface area (Å²) in [6, 6.07) is 2.98. The molecule has 7 heteroatoms. The van der Waals surface area contributed by atoms with Gasteiger partial charge in [-0.25, -0.2) is 4.98 Å². The highest BCUT2D eigenvalue weighted by atomic mass is 16.5. The van der Waals surface area contributed by atoms with Gasteiger partial charge in [0.25, 0.3) is 0 Å². The van der Waals surface area contributed by atoms with Gasteiger partial charge in [0.15, 0.2) is 0 Å². The number of nitrogens with two attached hydrogens (primary N) is 1. The Hall–Kier alpha value is -1.70. The van der Waals surface area contributed by atoms with Crippen molar-refractivity contribution in [1.82, 2.24) is 10.3 Å². The van der Waals surface area contributed by atoms with Gasteiger partial charge in [-0.05, 0) is 44.7 Å². The van der Waals surface area contributed by atoms with Gasteiger partial charge in [-0.2, -0.15) is 4.99 Å². The van der Waals surface area contributed by atoms with Crippen molar-refractivity contribution in [3.63, 3.8) is 0 Å². The molecule has 3 unspecified atom stereocenters. The van der Waals surface area contributed by atoms with Crippen molar-refractivity contribution in [2.24, 2.45) is 10.7 Å². The van der Waals surface area contributed by atoms with Crippen LogP contribution in [-0.4, -0.2) is 60.5 Å². The highest BCUT2D eigenvalue weighted by Gasteiger charge is 2.33. The molecule has 3 atom stereocenters. The van der Waals surface area contributed by atoms with E-state index in [-0.39, 0.29) is 12.0 Å². The second-order valence-electron chi connectivity index (χ2n) is 7.87. The minimum Gasteiger partial charge on any atom is -0.578 e. The molecular formula is C20H34N5O2+. The summed E-state index contributed by atoms with van der Waals surface area (Å²) in [6.45, 7) is 5.40. The molecule has 1 saturated carbocycles. The van der Waals surface area contributed by atoms with Crippen molar-refractivity contribution in [2.75, 3.05) is 25.1 Å². The van der Waals surface area contributed by atoms with Gasteiger partial charge in [-0.1, -0.05) is 12.8 Å². The van der Waals surface area contributed by atoms with E-state index in [4.69, 9.17) is 15.6 Å². The molecule has 0 aromatic carbocycles. The molecule has 5 N–H and O–H groups in total. The van der Waals surface area contributed by atoms with Crippen LogP contribution in [0.5, 0.6) is 0 Å². The van der Waals surface area contributed by atoms with Crippen LogP contribution in [0.1, 0.15) is 50.2 Å². The van der Waals surface area contributed by atoms with E-state index in [2.05, 4.69) is 20.2 Å². The Labute approximate surface area is 162 Å². The second-order valence-corrected chi connectivity index (χ2v) is 7.87. The van der Waals surface area contributed by atoms with Crippen LogP contribution in [0.4, 0.5) is 5.82 Å². The van der Waals surface area contributed by atoms with E-state index < -0.39 is 6.17 Å². The number of hydrogen-bond donors (Lipinski definition) is 2. The van der Waals surface area contributed by atoms with Crippen LogP contribution in [0, 0.1) is 6.92 Å². The van der Waals surface area contributed by atoms with Gasteiger partial charge in [0.05, 0.1) is 6.10 Å². The van der Waals surface area contributed by atoms with Gasteiger partial charge >= 0.3 is 5.90 Å². The fourth-order valence-electron chi connectivity index (χ4n) is 4.20. The largest absolute Gasteiger partial charge is 0.578 e. The molecule has 1 saturated heterocycles. The average Bonchev–Trinajstić information content (AvgIpc) is 3.14. The number of nitrogens with one attached hydrogen (secondary N) is 1. The fourth-order valence-corrected chi connectivity index (χ4v) is 4.20. The number of aryl methyl sites for hydroxylation is 1. The van der Waals surface area contributed by atoms with Crippen LogP contribution in [0.15, 0.2) is 17.3 Å². The SMILES string of the molecule is COC1CN(c2ncc(C)cc2/C([OH2+])=N/C(C)N)CCC1NC1CCCC1. The summed E-state index contributed by atoms with van der Waals surface area (Å²) in [6.07, 6.45) is 7.76. The number of hydrogen-bond acceptors (Lipinski definition) is 6. The number of aromatic nitrogens is 1. The molecule has 2 aliphatic rings. The summed E-state index contributed by atoms with van der Waals surface area (Å²) >= 11 is 0. The molecule has 1 aromatic rings. The molecule has 150 valence electrons. The summed E-state index contributed by atoms with van der Waals surface area (Å²) in [4.78, 5) is 11.1. The predicted octanol–water partition coefficient (Wildman–Crippen LogP) is 1.29. The third-order valence-corrected chi connectivity index (χ3v) is 5.56. The number of methoxy groups -OCH3 is 1. The highest BCUT2D eigenvalue weighted by Crippen LogP contribution is 2.26. The minimum absolute atomic E-state index is 0.106. The molecule has 7 nitrogen and oxygen atoms in total. The molecule has 0 spiro atoms. The lowest BCUT2D eigenvalue weighted by molar-refractivity contribution is 0.0557. The maximum Gasteiger partial charge on any atom is 0.365 e. The molecule has 27 heavy (non-hydrogen) atoms. The number of nitrogens with zero attached hydrogens (tertiary/aromatic N) is 3. The summed E-state index contributed by atoms with van der Waals surface area (Å²) in [5.41, 5.74) is 7.52. The van der Waals surface area contributed by atoms with Crippen molar-refractivity contribution in [3.8, 4) is 0 Å². The highest BCUT2D eigenvalue weighted by molar-refractivity contribution is 5.97. The lowest BCUT2D eigenvalue weighted by atomic mass is 9.99. The van der Waals surface area contributed by atoms with Crippen LogP contribution >= 0.6 is 0 Å². The zero-order valence-electron chi connectivity index (χ0n) is 16.7. The molecule has 0 bridgehead atoms. The van der Waals surface area contributed by atoms with Crippen molar-refractivity contribution < 1.29 is 9.84 Å². The number of anilines is 1. The molecular weight excluding hydrogens is 342 g/mol. The van der Waals surface area contributed by atoms with E-state index in [1.54, 1.807) is 14.0 Å². The number of piperidine rings is 1. The first-order valence-corrected chi connectivity index (χ1v) is 10.0. The number of rotatable bonds is 6. The topological polar surface area (TPSA) is 98.7 Å². The fraction of sp³-hybridized carbons (Fsp3) is 0.700. The van der Waals surface area contributed by atoms with E-state index in [0.717, 1.165) is 36.5 Å². The predicted molar refractivity (Wildman–Crippen MR) is 110 cm³/mol. The number of aliphatic imine (C=N–C) groups is 1. The molecule has 1 aromatic heterocycles. The van der Waals surface area contributed by atoms with Gasteiger partial charge < -0.3 is 25.8 Å². The summed E-state index contributed by atoms with van der Waals surface area (Å²) in [5, 5.41) is 12.2. The Balaban J connectivity index is 1.77. The number of ether oxygens (including phenoxy) is 1. The Morgan fingerprint density at radius 1 is 1.41 bits per heavy atom. The van der Waals surface area contributed by atoms with Crippen molar-refractivity contribution in [3.05, 3.63) is 23.4 Å². The smallest absolute Gasteiger partial charge is 0.365 e. The van der Waals surface area contributed by atoms with E-state index in [1.165, 1.54) is 25.7 Å². The van der Waals surface area contributed by atoms with Crippen LogP contribution in [0.25, 0.3) is 0 Å². The van der Waals surface area contributed by atoms with Crippen molar-refractivity contribution in [1.29, 1.82) is 0 Å². The maximum atomic E-state index is 8.34. The van der Waals surface area contributed by atoms with Gasteiger partial charge in [0.1, 0.15) is 17.5 Å². The van der Waals surface area contributed by atoms with E-state index in [9.17, 15) is 0 Å². The van der Waals surface area contributed by atoms with Crippen molar-refractivity contribution >= 4 is 11.7 Å². The Bertz CT molecular complexity index is 658. The van der Waals surface area contributed by atoms with E-state index in [1.807, 2.05) is 19.2 Å². The summed E-state index contributed by atoms with van der Waals surface area (Å²) < 4.78 is 5.83. The monoisotopic (exact) mass is 376 g/mol. The summed E-state index contributed by atoms with van der Waals surface area (Å²) in [7, 11) is 1.79. The maximum absolute atomic E-state index is 8.34. The lowest BCUT2D eigenvalue weighted by Crippen LogP contribution is -2.55. The standard InChI is InChI=1S/C20H33N5O2/c1-13-10-16(20(26)23-14(2)21)19(22-11-13)25-9-8-17(18(12-25)27-3)24-15-6-4-5-7-15/h10-11,14-15,17-18,24H,4-9,12,21H2,1-3H3,(H,23,26)/p+1. The number of pyridine rings is 1. The first kappa shape index (κ1) is 20.0. The Kier molecular flexibility index (Phi) is 6.68. The quantitative estimate of drug-likeness (QED) is 0.443. The molecule has 3 rings (SSSR count). The normalized spacial score (nSPS) is 25.8. The molecule has 0 radical (unpaired) electrons. The summed E-state index contributed by atoms with van der Waals surface area (Å²) in [5.74, 6) is 0.993. The van der Waals surface area contributed by atoms with Gasteiger partial charge in [-0.3, -0.25) is 0 Å². The second kappa shape index (κ2) is 8.99. The average molecular weight is 377 g/mol. The van der Waals surface area contributed by atoms with Crippen molar-refractivity contribution in [2.45, 2.75) is 70.3 Å². The zero-order valence-corrected chi connectivity index (χ0v) is 16.7. The van der Waals surface area contributed by atoms with Gasteiger partial charge in [-0.15, -0.1) is 0 Å². The third kappa shape index (κ3) is 4.97. The third-order valence-electron chi connectivity index (χ3n) is 5.56. The first-order valence-electron chi connectivity index (χ1n) is 10.0. The van der Waals surface area contributed by atoms with Crippen LogP contribution in [0.2, 0.25) is 0 Å². The Morgan fingerprint density at radius 2 is 2.15 bits per heavy atom. The molecule has 1 aliphatic carbocycles. The van der Waals surface area contributed by atoms with E-state index in [0.29, 0.717) is 12.1 Å². The van der Waals surface area contributed by atoms with Crippen LogP contribution < -0.4 is 16.0 Å². The minimum atomic E-state index is -0.404. The molecule has 1 aliphatic heterocycles. The Morgan fingerprint density at radius 3 is 2.81 bits per heavy atom. The van der Waals surface area contributed by atoms with Gasteiger partial charge in [0, 0.05) is 38.5 Å². The van der Waals surface area contributed by atoms with Crippen LogP contribution in [0.3, 0.4) is 0 Å². The lowest BCUT2D eigenvalue weighted by Gasteiger charge is -2.40. The van der Waals surface area contributed by atoms with E-state index >= 15 is 0 Å². The molecule has 0 amide bonds. The molecule has 2 fully saturated rings. The molecule has 2 heterocycles. The van der Waals surface area contributed by atoms with Gasteiger partial charge in [0.2, 0.25) is 0 Å².